The quantitative estimate of drug-likeness (QED) is 0.691. The summed E-state index contributed by atoms with van der Waals surface area (Å²) in [6, 6.07) is 0. The number of hydroxylamine groups is 2. The first kappa shape index (κ1) is 14.1. The minimum atomic E-state index is -0.454. The van der Waals surface area contributed by atoms with Gasteiger partial charge in [0.15, 0.2) is 0 Å². The molecule has 1 fully saturated rings. The maximum absolute atomic E-state index is 11.8. The van der Waals surface area contributed by atoms with Gasteiger partial charge in [-0.05, 0) is 39.0 Å². The molecule has 96 valence electrons. The third-order valence-electron chi connectivity index (χ3n) is 3.28. The second kappa shape index (κ2) is 5.55. The largest absolute Gasteiger partial charge is 0.367 e. The van der Waals surface area contributed by atoms with Crippen LogP contribution in [0.15, 0.2) is 0 Å². The van der Waals surface area contributed by atoms with Gasteiger partial charge in [-0.25, -0.2) is 4.79 Å². The molecule has 3 heteroatoms. The van der Waals surface area contributed by atoms with E-state index in [1.54, 1.807) is 5.06 Å². The summed E-state index contributed by atoms with van der Waals surface area (Å²) in [5.41, 5.74) is -0.454. The van der Waals surface area contributed by atoms with Crippen molar-refractivity contribution in [2.24, 2.45) is 17.3 Å². The molecule has 1 heterocycles. The van der Waals surface area contributed by atoms with E-state index >= 15 is 0 Å². The molecule has 0 radical (unpaired) electrons. The number of rotatable bonds is 2. The number of terminal acetylenes is 1. The summed E-state index contributed by atoms with van der Waals surface area (Å²) < 4.78 is 0. The van der Waals surface area contributed by atoms with E-state index in [0.29, 0.717) is 11.8 Å². The predicted octanol–water partition coefficient (Wildman–Crippen LogP) is 2.47. The van der Waals surface area contributed by atoms with Crippen LogP contribution in [0.3, 0.4) is 0 Å². The first-order valence-electron chi connectivity index (χ1n) is 6.25. The Kier molecular flexibility index (Phi) is 4.59. The Labute approximate surface area is 104 Å². The molecule has 0 amide bonds. The zero-order valence-corrected chi connectivity index (χ0v) is 11.3. The molecule has 0 aromatic carbocycles. The lowest BCUT2D eigenvalue weighted by Crippen LogP contribution is -2.42. The van der Waals surface area contributed by atoms with E-state index in [1.165, 1.54) is 0 Å². The Morgan fingerprint density at radius 3 is 2.71 bits per heavy atom. The molecule has 1 rings (SSSR count). The number of carbonyl (C=O) groups is 1. The van der Waals surface area contributed by atoms with Gasteiger partial charge >= 0.3 is 5.97 Å². The third-order valence-corrected chi connectivity index (χ3v) is 3.28. The molecule has 0 spiro atoms. The fourth-order valence-corrected chi connectivity index (χ4v) is 1.87. The van der Waals surface area contributed by atoms with Crippen molar-refractivity contribution >= 4 is 5.97 Å². The topological polar surface area (TPSA) is 29.5 Å². The van der Waals surface area contributed by atoms with E-state index < -0.39 is 5.41 Å². The maximum atomic E-state index is 11.8. The number of hydrogen-bond acceptors (Lipinski definition) is 3. The molecule has 2 atom stereocenters. The zero-order valence-electron chi connectivity index (χ0n) is 11.3. The molecule has 2 unspecified atom stereocenters. The molecule has 1 saturated heterocycles. The molecule has 17 heavy (non-hydrogen) atoms. The summed E-state index contributed by atoms with van der Waals surface area (Å²) >= 11 is 0. The van der Waals surface area contributed by atoms with Crippen LogP contribution >= 0.6 is 0 Å². The SMILES string of the molecule is C#CCC1CN(OC(=O)C(C)(C)C)CCC1C. The standard InChI is InChI=1S/C14H23NO2/c1-6-7-12-10-15(9-8-11(12)2)17-13(16)14(3,4)5/h1,11-12H,7-10H2,2-5H3. The normalized spacial score (nSPS) is 26.3. The average molecular weight is 237 g/mol. The Hall–Kier alpha value is -1.01. The molecule has 3 nitrogen and oxygen atoms in total. The highest BCUT2D eigenvalue weighted by Crippen LogP contribution is 2.27. The van der Waals surface area contributed by atoms with Gasteiger partial charge < -0.3 is 4.84 Å². The smallest absolute Gasteiger partial charge is 0.330 e. The van der Waals surface area contributed by atoms with Gasteiger partial charge in [-0.2, -0.15) is 0 Å². The summed E-state index contributed by atoms with van der Waals surface area (Å²) in [5.74, 6) is 3.57. The van der Waals surface area contributed by atoms with E-state index in [-0.39, 0.29) is 5.97 Å². The van der Waals surface area contributed by atoms with Gasteiger partial charge in [0, 0.05) is 19.5 Å². The van der Waals surface area contributed by atoms with Crippen LogP contribution in [-0.2, 0) is 9.63 Å². The molecular formula is C14H23NO2. The van der Waals surface area contributed by atoms with Crippen LogP contribution in [0.2, 0.25) is 0 Å². The van der Waals surface area contributed by atoms with Gasteiger partial charge in [-0.1, -0.05) is 6.92 Å². The van der Waals surface area contributed by atoms with E-state index in [2.05, 4.69) is 12.8 Å². The first-order chi connectivity index (χ1) is 7.84. The first-order valence-corrected chi connectivity index (χ1v) is 6.25. The lowest BCUT2D eigenvalue weighted by atomic mass is 9.86. The fraction of sp³-hybridized carbons (Fsp3) is 0.786. The van der Waals surface area contributed by atoms with Crippen molar-refractivity contribution in [3.05, 3.63) is 0 Å². The van der Waals surface area contributed by atoms with E-state index in [9.17, 15) is 4.79 Å². The molecule has 0 aromatic heterocycles. The molecule has 0 N–H and O–H groups in total. The summed E-state index contributed by atoms with van der Waals surface area (Å²) in [6.07, 6.45) is 7.15. The van der Waals surface area contributed by atoms with E-state index in [0.717, 1.165) is 25.9 Å². The van der Waals surface area contributed by atoms with Crippen molar-refractivity contribution in [2.45, 2.75) is 40.5 Å². The third kappa shape index (κ3) is 4.05. The molecule has 0 bridgehead atoms. The Balaban J connectivity index is 2.52. The number of hydrogen-bond donors (Lipinski definition) is 0. The van der Waals surface area contributed by atoms with Crippen molar-refractivity contribution in [2.75, 3.05) is 13.1 Å². The van der Waals surface area contributed by atoms with E-state index in [1.807, 2.05) is 20.8 Å². The molecule has 0 aliphatic carbocycles. The maximum Gasteiger partial charge on any atom is 0.330 e. The summed E-state index contributed by atoms with van der Waals surface area (Å²) in [5, 5.41) is 1.77. The minimum Gasteiger partial charge on any atom is -0.367 e. The monoisotopic (exact) mass is 237 g/mol. The van der Waals surface area contributed by atoms with Crippen molar-refractivity contribution in [1.82, 2.24) is 5.06 Å². The number of carbonyl (C=O) groups excluding carboxylic acids is 1. The second-order valence-corrected chi connectivity index (χ2v) is 5.95. The van der Waals surface area contributed by atoms with Gasteiger partial charge in [-0.3, -0.25) is 0 Å². The minimum absolute atomic E-state index is 0.175. The molecular weight excluding hydrogens is 214 g/mol. The summed E-state index contributed by atoms with van der Waals surface area (Å²) in [7, 11) is 0. The van der Waals surface area contributed by atoms with Crippen molar-refractivity contribution in [1.29, 1.82) is 0 Å². The average Bonchev–Trinajstić information content (AvgIpc) is 2.22. The van der Waals surface area contributed by atoms with Crippen LogP contribution in [0.4, 0.5) is 0 Å². The van der Waals surface area contributed by atoms with Crippen molar-refractivity contribution in [3.8, 4) is 12.3 Å². The summed E-state index contributed by atoms with van der Waals surface area (Å²) in [4.78, 5) is 17.2. The van der Waals surface area contributed by atoms with Crippen LogP contribution in [-0.4, -0.2) is 24.1 Å². The molecule has 0 aromatic rings. The summed E-state index contributed by atoms with van der Waals surface area (Å²) in [6.45, 7) is 9.37. The van der Waals surface area contributed by atoms with Gasteiger partial charge in [0.05, 0.1) is 5.41 Å². The highest BCUT2D eigenvalue weighted by atomic mass is 16.7. The van der Waals surface area contributed by atoms with Gasteiger partial charge in [0.2, 0.25) is 0 Å². The molecule has 1 aliphatic rings. The van der Waals surface area contributed by atoms with E-state index in [4.69, 9.17) is 11.3 Å². The van der Waals surface area contributed by atoms with Crippen LogP contribution in [0.5, 0.6) is 0 Å². The number of nitrogens with zero attached hydrogens (tertiary/aromatic N) is 1. The Morgan fingerprint density at radius 1 is 1.53 bits per heavy atom. The lowest BCUT2D eigenvalue weighted by molar-refractivity contribution is -0.210. The zero-order chi connectivity index (χ0) is 13.1. The van der Waals surface area contributed by atoms with Gasteiger partial charge in [-0.15, -0.1) is 17.4 Å². The predicted molar refractivity (Wildman–Crippen MR) is 67.8 cm³/mol. The lowest BCUT2D eigenvalue weighted by Gasteiger charge is -2.35. The van der Waals surface area contributed by atoms with Crippen molar-refractivity contribution < 1.29 is 9.63 Å². The fourth-order valence-electron chi connectivity index (χ4n) is 1.87. The number of piperidine rings is 1. The van der Waals surface area contributed by atoms with Crippen LogP contribution in [0, 0.1) is 29.6 Å². The van der Waals surface area contributed by atoms with Crippen LogP contribution in [0.25, 0.3) is 0 Å². The second-order valence-electron chi connectivity index (χ2n) is 5.95. The van der Waals surface area contributed by atoms with Gasteiger partial charge in [0.25, 0.3) is 0 Å². The molecule has 0 saturated carbocycles. The highest BCUT2D eigenvalue weighted by molar-refractivity contribution is 5.75. The Morgan fingerprint density at radius 2 is 2.18 bits per heavy atom. The Bertz CT molecular complexity index is 311. The highest BCUT2D eigenvalue weighted by Gasteiger charge is 2.31. The molecule has 1 aliphatic heterocycles. The van der Waals surface area contributed by atoms with Crippen molar-refractivity contribution in [3.63, 3.8) is 0 Å². The van der Waals surface area contributed by atoms with Crippen LogP contribution < -0.4 is 0 Å². The van der Waals surface area contributed by atoms with Crippen LogP contribution in [0.1, 0.15) is 40.5 Å². The van der Waals surface area contributed by atoms with Gasteiger partial charge in [0.1, 0.15) is 0 Å².